The molecule has 0 bridgehead atoms. The monoisotopic (exact) mass is 1510 g/mol. The van der Waals surface area contributed by atoms with Crippen molar-refractivity contribution in [3.63, 3.8) is 0 Å². The summed E-state index contributed by atoms with van der Waals surface area (Å²) in [6.45, 7) is 0. The van der Waals surface area contributed by atoms with Crippen LogP contribution < -0.4 is 0 Å². The predicted molar refractivity (Wildman–Crippen MR) is 510 cm³/mol. The van der Waals surface area contributed by atoms with Crippen molar-refractivity contribution in [1.29, 1.82) is 0 Å². The fourth-order valence-corrected chi connectivity index (χ4v) is 21.0. The SMILES string of the molecule is c1ccc(-c2cc(-c3cccc(-c4cccc(-c5ccc6c7c(ccc6c5)-c5cc6ccccc6c6c(-c8cc(-c9ccc%10c%11ccccc%11n(-c%11ccccc%11)c%10c9)cc(-c9ccc%10c%11ccccc%11n(-c%11ccccc%11)c%10c9)c8)ccc-7c56)c4)c3)cc3cc(-c4ccc5c6c(cc7ccccc7c46)-c4cc6ccccc6cc4-5)ccc23)cc1. The van der Waals surface area contributed by atoms with Gasteiger partial charge in [-0.2, -0.15) is 0 Å². The quantitative estimate of drug-likeness (QED) is 0.121. The standard InChI is InChI=1S/C118H70N2/c1-4-22-71(23-5-1)105-68-87(63-88-59-84(45-47-92(88)105)96-52-54-102-106-64-76-24-10-11-25-77(76)65-107(106)109-67-82-27-13-14-36-93(82)115(96)117(102)109)75-31-21-29-73(57-75)72-28-20-30-74(56-72)78-42-48-95-83(58-78)46-51-103-108-66-81-26-12-15-37-94(81)116-97(53-55-104(114(95)103)118(108)116)89-61-85(79-43-49-100-98-38-16-18-40-110(98)119(112(100)69-79)90-32-6-2-7-33-90)60-86(62-89)80-44-50-101-99-39-17-19-41-111(99)120(113(101)70-80)91-34-8-3-9-35-91/h1-70H. The Labute approximate surface area is 692 Å². The molecule has 0 amide bonds. The van der Waals surface area contributed by atoms with Crippen LogP contribution in [0.1, 0.15) is 0 Å². The molecule has 0 N–H and O–H groups in total. The van der Waals surface area contributed by atoms with E-state index in [1.54, 1.807) is 0 Å². The Morgan fingerprint density at radius 3 is 1.07 bits per heavy atom. The minimum absolute atomic E-state index is 1.14. The summed E-state index contributed by atoms with van der Waals surface area (Å²) in [5.41, 5.74) is 36.3. The zero-order valence-corrected chi connectivity index (χ0v) is 65.3. The van der Waals surface area contributed by atoms with Crippen LogP contribution in [0.3, 0.4) is 0 Å². The maximum Gasteiger partial charge on any atom is 0.0547 e. The number of para-hydroxylation sites is 4. The second-order valence-electron chi connectivity index (χ2n) is 32.9. The Morgan fingerprint density at radius 2 is 0.483 bits per heavy atom. The van der Waals surface area contributed by atoms with Gasteiger partial charge >= 0.3 is 0 Å². The lowest BCUT2D eigenvalue weighted by molar-refractivity contribution is 1.18. The molecular formula is C118H70N2. The number of hydrogen-bond acceptors (Lipinski definition) is 0. The summed E-state index contributed by atoms with van der Waals surface area (Å²) in [5.74, 6) is 0. The van der Waals surface area contributed by atoms with Gasteiger partial charge in [0.2, 0.25) is 0 Å². The molecule has 552 valence electrons. The Hall–Kier alpha value is -15.7. The van der Waals surface area contributed by atoms with Crippen LogP contribution in [-0.2, 0) is 0 Å². The number of rotatable bonds is 10. The van der Waals surface area contributed by atoms with E-state index in [0.29, 0.717) is 0 Å². The van der Waals surface area contributed by atoms with Crippen molar-refractivity contribution < 1.29 is 0 Å². The Bertz CT molecular complexity index is 8400. The summed E-state index contributed by atoms with van der Waals surface area (Å²) in [6.07, 6.45) is 0. The fraction of sp³-hybridized carbons (Fsp3) is 0. The first-order chi connectivity index (χ1) is 59.5. The molecule has 0 aliphatic heterocycles. The lowest BCUT2D eigenvalue weighted by atomic mass is 9.87. The van der Waals surface area contributed by atoms with Gasteiger partial charge in [0.25, 0.3) is 0 Å². The maximum absolute atomic E-state index is 2.46. The number of aromatic nitrogens is 2. The second-order valence-corrected chi connectivity index (χ2v) is 32.9. The van der Waals surface area contributed by atoms with Gasteiger partial charge in [-0.05, 0) is 336 Å². The second kappa shape index (κ2) is 25.9. The number of benzene rings is 22. The van der Waals surface area contributed by atoms with Crippen molar-refractivity contribution in [1.82, 2.24) is 9.13 Å². The zero-order valence-electron chi connectivity index (χ0n) is 65.3. The molecule has 0 unspecified atom stereocenters. The van der Waals surface area contributed by atoms with Crippen LogP contribution in [0.15, 0.2) is 425 Å². The predicted octanol–water partition coefficient (Wildman–Crippen LogP) is 32.6. The van der Waals surface area contributed by atoms with E-state index in [2.05, 4.69) is 434 Å². The molecule has 2 heterocycles. The molecule has 2 nitrogen and oxygen atoms in total. The van der Waals surface area contributed by atoms with Crippen LogP contribution in [0.25, 0.3) is 264 Å². The largest absolute Gasteiger partial charge is 0.309 e. The molecule has 0 saturated heterocycles. The van der Waals surface area contributed by atoms with Crippen LogP contribution in [0, 0.1) is 0 Å². The molecule has 2 aromatic heterocycles. The molecule has 2 aliphatic carbocycles. The van der Waals surface area contributed by atoms with Crippen LogP contribution in [0.5, 0.6) is 0 Å². The van der Waals surface area contributed by atoms with Gasteiger partial charge in [0, 0.05) is 32.9 Å². The number of nitrogens with zero attached hydrogens (tertiary/aromatic N) is 2. The van der Waals surface area contributed by atoms with Crippen molar-refractivity contribution in [2.75, 3.05) is 0 Å². The summed E-state index contributed by atoms with van der Waals surface area (Å²) in [4.78, 5) is 0. The Morgan fingerprint density at radius 1 is 0.125 bits per heavy atom. The third kappa shape index (κ3) is 10.1. The Balaban J connectivity index is 0.582. The summed E-state index contributed by atoms with van der Waals surface area (Å²) >= 11 is 0. The highest BCUT2D eigenvalue weighted by Crippen LogP contribution is 2.57. The maximum atomic E-state index is 2.46. The van der Waals surface area contributed by atoms with Crippen LogP contribution >= 0.6 is 0 Å². The van der Waals surface area contributed by atoms with Crippen molar-refractivity contribution in [2.45, 2.75) is 0 Å². The minimum Gasteiger partial charge on any atom is -0.309 e. The van der Waals surface area contributed by atoms with Crippen molar-refractivity contribution in [3.05, 3.63) is 425 Å². The smallest absolute Gasteiger partial charge is 0.0547 e. The highest BCUT2D eigenvalue weighted by atomic mass is 15.0. The molecule has 22 aromatic carbocycles. The zero-order chi connectivity index (χ0) is 78.4. The molecule has 0 atom stereocenters. The average molecular weight is 1520 g/mol. The molecule has 2 aliphatic rings. The summed E-state index contributed by atoms with van der Waals surface area (Å²) in [5, 5.41) is 22.6. The highest BCUT2D eigenvalue weighted by molar-refractivity contribution is 6.31. The van der Waals surface area contributed by atoms with Crippen molar-refractivity contribution in [3.8, 4) is 145 Å². The summed E-state index contributed by atoms with van der Waals surface area (Å²) in [6, 6.07) is 160. The van der Waals surface area contributed by atoms with Crippen molar-refractivity contribution >= 4 is 119 Å². The Kier molecular flexibility index (Phi) is 14.3. The van der Waals surface area contributed by atoms with Gasteiger partial charge in [-0.1, -0.05) is 297 Å². The van der Waals surface area contributed by atoms with E-state index < -0.39 is 0 Å². The van der Waals surface area contributed by atoms with Gasteiger partial charge in [-0.25, -0.2) is 0 Å². The van der Waals surface area contributed by atoms with E-state index in [9.17, 15) is 0 Å². The van der Waals surface area contributed by atoms with Gasteiger partial charge < -0.3 is 9.13 Å². The third-order valence-corrected chi connectivity index (χ3v) is 26.4. The first-order valence-corrected chi connectivity index (χ1v) is 41.7. The van der Waals surface area contributed by atoms with Gasteiger partial charge in [-0.15, -0.1) is 0 Å². The molecule has 0 spiro atoms. The molecule has 0 radical (unpaired) electrons. The summed E-state index contributed by atoms with van der Waals surface area (Å²) in [7, 11) is 0. The topological polar surface area (TPSA) is 9.86 Å². The van der Waals surface area contributed by atoms with E-state index >= 15 is 0 Å². The van der Waals surface area contributed by atoms with E-state index in [1.807, 2.05) is 0 Å². The normalized spacial score (nSPS) is 12.2. The van der Waals surface area contributed by atoms with Crippen LogP contribution in [0.4, 0.5) is 0 Å². The minimum atomic E-state index is 1.14. The lowest BCUT2D eigenvalue weighted by Crippen LogP contribution is -1.94. The van der Waals surface area contributed by atoms with Gasteiger partial charge in [-0.3, -0.25) is 0 Å². The summed E-state index contributed by atoms with van der Waals surface area (Å²) < 4.78 is 4.87. The third-order valence-electron chi connectivity index (χ3n) is 26.4. The molecular weight excluding hydrogens is 1450 g/mol. The molecule has 26 rings (SSSR count). The van der Waals surface area contributed by atoms with Gasteiger partial charge in [0.05, 0.1) is 22.1 Å². The van der Waals surface area contributed by atoms with E-state index in [4.69, 9.17) is 0 Å². The van der Waals surface area contributed by atoms with Crippen LogP contribution in [-0.4, -0.2) is 9.13 Å². The molecule has 0 saturated carbocycles. The molecule has 2 heteroatoms. The highest BCUT2D eigenvalue weighted by Gasteiger charge is 2.30. The molecule has 120 heavy (non-hydrogen) atoms. The van der Waals surface area contributed by atoms with Crippen LogP contribution in [0.2, 0.25) is 0 Å². The molecule has 0 fully saturated rings. The average Bonchev–Trinajstić information content (AvgIpc) is 1.56. The number of fused-ring (bicyclic) bond motifs is 20. The first-order valence-electron chi connectivity index (χ1n) is 41.7. The van der Waals surface area contributed by atoms with E-state index in [0.717, 1.165) is 33.6 Å². The molecule has 24 aromatic rings. The van der Waals surface area contributed by atoms with Crippen molar-refractivity contribution in [2.24, 2.45) is 0 Å². The number of hydrogen-bond donors (Lipinski definition) is 0. The van der Waals surface area contributed by atoms with Gasteiger partial charge in [0.15, 0.2) is 0 Å². The first kappa shape index (κ1) is 66.5. The van der Waals surface area contributed by atoms with E-state index in [1.165, 1.54) is 230 Å². The van der Waals surface area contributed by atoms with Gasteiger partial charge in [0.1, 0.15) is 0 Å². The fourth-order valence-electron chi connectivity index (χ4n) is 21.0. The lowest BCUT2D eigenvalue weighted by Gasteiger charge is -2.17. The van der Waals surface area contributed by atoms with E-state index in [-0.39, 0.29) is 0 Å².